The van der Waals surface area contributed by atoms with Crippen molar-refractivity contribution < 1.29 is 9.90 Å². The van der Waals surface area contributed by atoms with E-state index in [1.807, 2.05) is 6.92 Å². The number of aliphatic carboxylic acids is 1. The third kappa shape index (κ3) is 2.60. The number of carboxylic acids is 1. The molecule has 1 aromatic heterocycles. The van der Waals surface area contributed by atoms with Crippen molar-refractivity contribution in [1.82, 2.24) is 4.98 Å². The van der Waals surface area contributed by atoms with Crippen molar-refractivity contribution in [2.45, 2.75) is 32.6 Å². The van der Waals surface area contributed by atoms with E-state index in [1.165, 1.54) is 0 Å². The first-order chi connectivity index (χ1) is 9.63. The van der Waals surface area contributed by atoms with E-state index in [2.05, 4.69) is 16.0 Å². The van der Waals surface area contributed by atoms with Crippen LogP contribution in [-0.4, -0.2) is 29.1 Å². The second-order valence-electron chi connectivity index (χ2n) is 5.33. The van der Waals surface area contributed by atoms with Gasteiger partial charge in [-0.15, -0.1) is 0 Å². The largest absolute Gasteiger partial charge is 0.481 e. The zero-order chi connectivity index (χ0) is 14.6. The molecule has 20 heavy (non-hydrogen) atoms. The third-order valence-electron chi connectivity index (χ3n) is 4.16. The van der Waals surface area contributed by atoms with E-state index in [4.69, 9.17) is 5.26 Å². The van der Waals surface area contributed by atoms with Gasteiger partial charge in [-0.3, -0.25) is 9.78 Å². The zero-order valence-corrected chi connectivity index (χ0v) is 11.7. The van der Waals surface area contributed by atoms with Gasteiger partial charge in [0.1, 0.15) is 6.07 Å². The van der Waals surface area contributed by atoms with Crippen LogP contribution >= 0.6 is 0 Å². The Balaban J connectivity index is 2.15. The maximum atomic E-state index is 11.5. The van der Waals surface area contributed by atoms with Crippen molar-refractivity contribution in [2.75, 3.05) is 18.0 Å². The average molecular weight is 273 g/mol. The molecule has 1 saturated heterocycles. The molecule has 0 aliphatic carbocycles. The molecule has 0 spiro atoms. The van der Waals surface area contributed by atoms with Crippen LogP contribution in [0, 0.1) is 16.7 Å². The van der Waals surface area contributed by atoms with Crippen LogP contribution in [0.25, 0.3) is 0 Å². The first-order valence-electron chi connectivity index (χ1n) is 6.95. The summed E-state index contributed by atoms with van der Waals surface area (Å²) in [5.74, 6) is -0.689. The van der Waals surface area contributed by atoms with Gasteiger partial charge in [-0.1, -0.05) is 13.3 Å². The molecule has 1 fully saturated rings. The van der Waals surface area contributed by atoms with E-state index in [9.17, 15) is 9.90 Å². The van der Waals surface area contributed by atoms with Crippen molar-refractivity contribution in [1.29, 1.82) is 5.26 Å². The van der Waals surface area contributed by atoms with Crippen molar-refractivity contribution >= 4 is 11.7 Å². The van der Waals surface area contributed by atoms with Gasteiger partial charge in [0, 0.05) is 19.3 Å². The molecule has 1 aliphatic rings. The van der Waals surface area contributed by atoms with Crippen molar-refractivity contribution in [3.63, 3.8) is 0 Å². The highest BCUT2D eigenvalue weighted by atomic mass is 16.4. The molecule has 0 atom stereocenters. The van der Waals surface area contributed by atoms with Gasteiger partial charge in [-0.25, -0.2) is 0 Å². The standard InChI is InChI=1S/C15H19N3O2/c1-2-4-15(14(19)20)5-8-18(9-6-15)13-11-17-7-3-12(13)10-16/h3,7,11H,2,4-6,8-9H2,1H3,(H,19,20). The molecule has 0 saturated carbocycles. The molecule has 106 valence electrons. The Labute approximate surface area is 118 Å². The second-order valence-corrected chi connectivity index (χ2v) is 5.33. The molecule has 1 N–H and O–H groups in total. The van der Waals surface area contributed by atoms with Crippen molar-refractivity contribution in [2.24, 2.45) is 5.41 Å². The van der Waals surface area contributed by atoms with Gasteiger partial charge in [-0.05, 0) is 25.3 Å². The van der Waals surface area contributed by atoms with Crippen LogP contribution in [0.5, 0.6) is 0 Å². The number of rotatable bonds is 4. The van der Waals surface area contributed by atoms with Crippen LogP contribution in [0.1, 0.15) is 38.2 Å². The van der Waals surface area contributed by atoms with Crippen LogP contribution in [0.3, 0.4) is 0 Å². The summed E-state index contributed by atoms with van der Waals surface area (Å²) < 4.78 is 0. The van der Waals surface area contributed by atoms with E-state index in [0.29, 0.717) is 37.9 Å². The number of piperidine rings is 1. The number of pyridine rings is 1. The second kappa shape index (κ2) is 5.91. The molecule has 0 aromatic carbocycles. The number of hydrogen-bond acceptors (Lipinski definition) is 4. The molecule has 0 amide bonds. The van der Waals surface area contributed by atoms with Gasteiger partial charge in [0.05, 0.1) is 22.9 Å². The minimum Gasteiger partial charge on any atom is -0.481 e. The lowest BCUT2D eigenvalue weighted by molar-refractivity contribution is -0.150. The van der Waals surface area contributed by atoms with Crippen LogP contribution in [-0.2, 0) is 4.79 Å². The highest BCUT2D eigenvalue weighted by molar-refractivity contribution is 5.75. The van der Waals surface area contributed by atoms with Gasteiger partial charge in [-0.2, -0.15) is 5.26 Å². The van der Waals surface area contributed by atoms with Crippen LogP contribution in [0.4, 0.5) is 5.69 Å². The van der Waals surface area contributed by atoms with Crippen molar-refractivity contribution in [3.8, 4) is 6.07 Å². The molecule has 2 rings (SSSR count). The summed E-state index contributed by atoms with van der Waals surface area (Å²) in [6.45, 7) is 3.34. The summed E-state index contributed by atoms with van der Waals surface area (Å²) >= 11 is 0. The maximum Gasteiger partial charge on any atom is 0.309 e. The van der Waals surface area contributed by atoms with Gasteiger partial charge in [0.2, 0.25) is 0 Å². The predicted octanol–water partition coefficient (Wildman–Crippen LogP) is 2.42. The fourth-order valence-electron chi connectivity index (χ4n) is 2.96. The minimum absolute atomic E-state index is 0.596. The Kier molecular flexibility index (Phi) is 4.23. The van der Waals surface area contributed by atoms with E-state index >= 15 is 0 Å². The number of anilines is 1. The fraction of sp³-hybridized carbons (Fsp3) is 0.533. The molecule has 0 bridgehead atoms. The van der Waals surface area contributed by atoms with Crippen LogP contribution in [0.2, 0.25) is 0 Å². The van der Waals surface area contributed by atoms with Crippen molar-refractivity contribution in [3.05, 3.63) is 24.0 Å². The molecule has 5 nitrogen and oxygen atoms in total. The topological polar surface area (TPSA) is 77.2 Å². The maximum absolute atomic E-state index is 11.5. The smallest absolute Gasteiger partial charge is 0.309 e. The quantitative estimate of drug-likeness (QED) is 0.911. The van der Waals surface area contributed by atoms with E-state index < -0.39 is 11.4 Å². The van der Waals surface area contributed by atoms with Gasteiger partial charge in [0.25, 0.3) is 0 Å². The number of nitrogens with zero attached hydrogens (tertiary/aromatic N) is 3. The van der Waals surface area contributed by atoms with Crippen LogP contribution in [0.15, 0.2) is 18.5 Å². The summed E-state index contributed by atoms with van der Waals surface area (Å²) in [5.41, 5.74) is 0.809. The zero-order valence-electron chi connectivity index (χ0n) is 11.7. The Hall–Kier alpha value is -2.09. The Bertz CT molecular complexity index is 528. The first kappa shape index (κ1) is 14.3. The summed E-state index contributed by atoms with van der Waals surface area (Å²) in [6.07, 6.45) is 6.12. The molecule has 5 heteroatoms. The lowest BCUT2D eigenvalue weighted by Crippen LogP contribution is -2.44. The summed E-state index contributed by atoms with van der Waals surface area (Å²) in [7, 11) is 0. The molecule has 1 aliphatic heterocycles. The normalized spacial score (nSPS) is 17.5. The molecular formula is C15H19N3O2. The summed E-state index contributed by atoms with van der Waals surface area (Å²) in [5, 5.41) is 18.6. The lowest BCUT2D eigenvalue weighted by Gasteiger charge is -2.40. The third-order valence-corrected chi connectivity index (χ3v) is 4.16. The number of nitriles is 1. The van der Waals surface area contributed by atoms with Crippen LogP contribution < -0.4 is 4.90 Å². The predicted molar refractivity (Wildman–Crippen MR) is 75.4 cm³/mol. The summed E-state index contributed by atoms with van der Waals surface area (Å²) in [6, 6.07) is 3.86. The SMILES string of the molecule is CCCC1(C(=O)O)CCN(c2cnccc2C#N)CC1. The van der Waals surface area contributed by atoms with E-state index in [-0.39, 0.29) is 0 Å². The summed E-state index contributed by atoms with van der Waals surface area (Å²) in [4.78, 5) is 17.7. The molecule has 2 heterocycles. The van der Waals surface area contributed by atoms with E-state index in [1.54, 1.807) is 18.5 Å². The lowest BCUT2D eigenvalue weighted by atomic mass is 9.75. The molecule has 0 radical (unpaired) electrons. The Morgan fingerprint density at radius 2 is 2.25 bits per heavy atom. The monoisotopic (exact) mass is 273 g/mol. The van der Waals surface area contributed by atoms with Gasteiger partial charge in [0.15, 0.2) is 0 Å². The van der Waals surface area contributed by atoms with Gasteiger partial charge < -0.3 is 10.0 Å². The minimum atomic E-state index is -0.689. The fourth-order valence-corrected chi connectivity index (χ4v) is 2.96. The number of carbonyl (C=O) groups is 1. The molecule has 1 aromatic rings. The average Bonchev–Trinajstić information content (AvgIpc) is 2.48. The molecule has 0 unspecified atom stereocenters. The number of hydrogen-bond donors (Lipinski definition) is 1. The number of carboxylic acid groups (broad SMARTS) is 1. The Morgan fingerprint density at radius 3 is 2.80 bits per heavy atom. The molecular weight excluding hydrogens is 254 g/mol. The Morgan fingerprint density at radius 1 is 1.55 bits per heavy atom. The van der Waals surface area contributed by atoms with E-state index in [0.717, 1.165) is 12.1 Å². The number of aromatic nitrogens is 1. The first-order valence-corrected chi connectivity index (χ1v) is 6.95. The highest BCUT2D eigenvalue weighted by Crippen LogP contribution is 2.38. The van der Waals surface area contributed by atoms with Gasteiger partial charge >= 0.3 is 5.97 Å². The highest BCUT2D eigenvalue weighted by Gasteiger charge is 2.40.